The molecule has 9 nitrogen and oxygen atoms in total. The summed E-state index contributed by atoms with van der Waals surface area (Å²) in [5.41, 5.74) is -0.363. The highest BCUT2D eigenvalue weighted by atomic mass is 32.2. The van der Waals surface area contributed by atoms with Crippen LogP contribution in [0.4, 0.5) is 20.6 Å². The van der Waals surface area contributed by atoms with Crippen LogP contribution >= 0.6 is 11.8 Å². The molecule has 1 fully saturated rings. The first-order valence-corrected chi connectivity index (χ1v) is 8.85. The van der Waals surface area contributed by atoms with Gasteiger partial charge in [0, 0.05) is 11.6 Å². The van der Waals surface area contributed by atoms with Crippen molar-refractivity contribution in [3.05, 3.63) is 68.9 Å². The number of phenols is 1. The number of aromatic hydroxyl groups is 1. The molecular formula is C18H12FN3O6S. The van der Waals surface area contributed by atoms with E-state index in [4.69, 9.17) is 0 Å². The monoisotopic (exact) mass is 417 g/mol. The Morgan fingerprint density at radius 3 is 2.66 bits per heavy atom. The van der Waals surface area contributed by atoms with E-state index in [1.807, 2.05) is 0 Å². The number of nitro groups is 1. The first-order chi connectivity index (χ1) is 13.8. The molecule has 3 rings (SSSR count). The van der Waals surface area contributed by atoms with Gasteiger partial charge in [-0.2, -0.15) is 0 Å². The lowest BCUT2D eigenvalue weighted by Gasteiger charge is -2.13. The summed E-state index contributed by atoms with van der Waals surface area (Å²) in [4.78, 5) is 47.2. The number of nitro benzene ring substituents is 1. The smallest absolute Gasteiger partial charge is 0.294 e. The van der Waals surface area contributed by atoms with E-state index in [0.717, 1.165) is 18.2 Å². The van der Waals surface area contributed by atoms with E-state index in [1.54, 1.807) is 6.07 Å². The van der Waals surface area contributed by atoms with Crippen molar-refractivity contribution >= 4 is 46.3 Å². The number of imide groups is 1. The van der Waals surface area contributed by atoms with Crippen LogP contribution in [0.25, 0.3) is 6.08 Å². The molecule has 29 heavy (non-hydrogen) atoms. The molecule has 2 aromatic rings. The molecule has 1 aliphatic heterocycles. The fraction of sp³-hybridized carbons (Fsp3) is 0.0556. The number of nitrogens with one attached hydrogen (secondary N) is 1. The SMILES string of the molecule is O=C(CN1C(=O)S/C(=C\c2ccccc2F)C1=O)Nc1ccc([N+](=O)[O-])cc1O. The van der Waals surface area contributed by atoms with Crippen LogP contribution in [-0.2, 0) is 9.59 Å². The molecule has 0 bridgehead atoms. The van der Waals surface area contributed by atoms with Crippen molar-refractivity contribution in [2.24, 2.45) is 0 Å². The maximum atomic E-state index is 13.7. The van der Waals surface area contributed by atoms with Crippen molar-refractivity contribution in [1.82, 2.24) is 4.90 Å². The maximum Gasteiger partial charge on any atom is 0.294 e. The molecule has 0 aliphatic carbocycles. The Bertz CT molecular complexity index is 1070. The second kappa shape index (κ2) is 8.10. The normalized spacial score (nSPS) is 15.1. The Morgan fingerprint density at radius 1 is 1.28 bits per heavy atom. The van der Waals surface area contributed by atoms with Gasteiger partial charge in [0.15, 0.2) is 0 Å². The van der Waals surface area contributed by atoms with Crippen LogP contribution in [0.3, 0.4) is 0 Å². The van der Waals surface area contributed by atoms with Crippen molar-refractivity contribution in [2.45, 2.75) is 0 Å². The minimum Gasteiger partial charge on any atom is -0.506 e. The van der Waals surface area contributed by atoms with Crippen molar-refractivity contribution in [2.75, 3.05) is 11.9 Å². The Hall–Kier alpha value is -3.73. The number of carbonyl (C=O) groups excluding carboxylic acids is 3. The molecule has 11 heteroatoms. The molecule has 2 aromatic carbocycles. The van der Waals surface area contributed by atoms with Gasteiger partial charge >= 0.3 is 0 Å². The summed E-state index contributed by atoms with van der Waals surface area (Å²) in [6.45, 7) is -0.643. The van der Waals surface area contributed by atoms with Crippen molar-refractivity contribution < 1.29 is 28.8 Å². The van der Waals surface area contributed by atoms with E-state index in [1.165, 1.54) is 24.3 Å². The Balaban J connectivity index is 1.71. The highest BCUT2D eigenvalue weighted by Gasteiger charge is 2.36. The predicted molar refractivity (Wildman–Crippen MR) is 102 cm³/mol. The van der Waals surface area contributed by atoms with Gasteiger partial charge in [-0.15, -0.1) is 0 Å². The van der Waals surface area contributed by atoms with Crippen molar-refractivity contribution in [3.8, 4) is 5.75 Å². The quantitative estimate of drug-likeness (QED) is 0.331. The van der Waals surface area contributed by atoms with Crippen molar-refractivity contribution in [3.63, 3.8) is 0 Å². The molecule has 0 atom stereocenters. The second-order valence-electron chi connectivity index (χ2n) is 5.80. The standard InChI is InChI=1S/C18H12FN3O6S/c19-12-4-2-1-3-10(12)7-15-17(25)21(18(26)29-15)9-16(24)20-13-6-5-11(22(27)28)8-14(13)23/h1-8,23H,9H2,(H,20,24)/b15-7-. The second-order valence-corrected chi connectivity index (χ2v) is 6.79. The fourth-order valence-corrected chi connectivity index (χ4v) is 3.27. The van der Waals surface area contributed by atoms with Gasteiger partial charge < -0.3 is 10.4 Å². The lowest BCUT2D eigenvalue weighted by molar-refractivity contribution is -0.384. The number of amides is 3. The van der Waals surface area contributed by atoms with Crippen LogP contribution in [0.1, 0.15) is 5.56 Å². The summed E-state index contributed by atoms with van der Waals surface area (Å²) < 4.78 is 13.7. The van der Waals surface area contributed by atoms with Gasteiger partial charge in [-0.3, -0.25) is 29.4 Å². The van der Waals surface area contributed by atoms with Gasteiger partial charge in [0.05, 0.1) is 21.6 Å². The van der Waals surface area contributed by atoms with Gasteiger partial charge in [-0.25, -0.2) is 4.39 Å². The van der Waals surface area contributed by atoms with E-state index in [-0.39, 0.29) is 21.8 Å². The Kier molecular flexibility index (Phi) is 5.59. The van der Waals surface area contributed by atoms with Crippen LogP contribution in [0.2, 0.25) is 0 Å². The number of rotatable bonds is 5. The van der Waals surface area contributed by atoms with Gasteiger partial charge in [-0.1, -0.05) is 18.2 Å². The minimum absolute atomic E-state index is 0.0360. The largest absolute Gasteiger partial charge is 0.506 e. The van der Waals surface area contributed by atoms with E-state index >= 15 is 0 Å². The molecule has 148 valence electrons. The third-order valence-corrected chi connectivity index (χ3v) is 4.74. The summed E-state index contributed by atoms with van der Waals surface area (Å²) in [7, 11) is 0. The fourth-order valence-electron chi connectivity index (χ4n) is 2.44. The zero-order valence-corrected chi connectivity index (χ0v) is 15.3. The predicted octanol–water partition coefficient (Wildman–Crippen LogP) is 3.11. The van der Waals surface area contributed by atoms with Crippen LogP contribution in [0.15, 0.2) is 47.4 Å². The zero-order chi connectivity index (χ0) is 21.1. The summed E-state index contributed by atoms with van der Waals surface area (Å²) >= 11 is 0.569. The lowest BCUT2D eigenvalue weighted by Crippen LogP contribution is -2.36. The van der Waals surface area contributed by atoms with E-state index in [2.05, 4.69) is 5.32 Å². The number of non-ortho nitro benzene ring substituents is 1. The first kappa shape index (κ1) is 20.0. The summed E-state index contributed by atoms with van der Waals surface area (Å²) in [5.74, 6) is -2.67. The number of hydrogen-bond acceptors (Lipinski definition) is 7. The number of anilines is 1. The number of phenolic OH excluding ortho intramolecular Hbond substituents is 1. The molecule has 0 aromatic heterocycles. The van der Waals surface area contributed by atoms with Crippen LogP contribution < -0.4 is 5.32 Å². The molecule has 3 amide bonds. The molecule has 1 heterocycles. The molecule has 0 saturated carbocycles. The zero-order valence-electron chi connectivity index (χ0n) is 14.5. The van der Waals surface area contributed by atoms with Crippen LogP contribution in [0, 0.1) is 15.9 Å². The van der Waals surface area contributed by atoms with E-state index in [0.29, 0.717) is 16.7 Å². The van der Waals surface area contributed by atoms with Gasteiger partial charge in [0.1, 0.15) is 18.1 Å². The molecule has 1 saturated heterocycles. The van der Waals surface area contributed by atoms with Gasteiger partial charge in [0.2, 0.25) is 5.91 Å². The summed E-state index contributed by atoms with van der Waals surface area (Å²) in [6.07, 6.45) is 1.22. The summed E-state index contributed by atoms with van der Waals surface area (Å²) in [5, 5.41) is 22.0. The van der Waals surface area contributed by atoms with Gasteiger partial charge in [-0.05, 0) is 30.0 Å². The molecular weight excluding hydrogens is 405 g/mol. The Labute approximate surface area is 167 Å². The molecule has 1 aliphatic rings. The molecule has 0 spiro atoms. The maximum absolute atomic E-state index is 13.7. The van der Waals surface area contributed by atoms with E-state index in [9.17, 15) is 34.0 Å². The van der Waals surface area contributed by atoms with Gasteiger partial charge in [0.25, 0.3) is 16.8 Å². The minimum atomic E-state index is -0.802. The highest BCUT2D eigenvalue weighted by Crippen LogP contribution is 2.33. The van der Waals surface area contributed by atoms with Crippen LogP contribution in [-0.4, -0.2) is 38.5 Å². The first-order valence-electron chi connectivity index (χ1n) is 8.03. The van der Waals surface area contributed by atoms with Crippen LogP contribution in [0.5, 0.6) is 5.75 Å². The van der Waals surface area contributed by atoms with E-state index < -0.39 is 40.1 Å². The summed E-state index contributed by atoms with van der Waals surface area (Å²) in [6, 6.07) is 8.75. The number of thioether (sulfide) groups is 1. The number of hydrogen-bond donors (Lipinski definition) is 2. The molecule has 0 radical (unpaired) electrons. The average Bonchev–Trinajstić information content (AvgIpc) is 2.92. The number of halogens is 1. The number of carbonyl (C=O) groups is 3. The molecule has 2 N–H and O–H groups in total. The number of benzene rings is 2. The average molecular weight is 417 g/mol. The number of nitrogens with zero attached hydrogens (tertiary/aromatic N) is 2. The molecule has 0 unspecified atom stereocenters. The van der Waals surface area contributed by atoms with Crippen molar-refractivity contribution in [1.29, 1.82) is 0 Å². The Morgan fingerprint density at radius 2 is 2.00 bits per heavy atom. The topological polar surface area (TPSA) is 130 Å². The lowest BCUT2D eigenvalue weighted by atomic mass is 10.2. The highest BCUT2D eigenvalue weighted by molar-refractivity contribution is 8.18. The third-order valence-electron chi connectivity index (χ3n) is 3.83. The third kappa shape index (κ3) is 4.41.